The Hall–Kier alpha value is -0.520. The van der Waals surface area contributed by atoms with Crippen LogP contribution < -0.4 is 0 Å². The molecule has 1 saturated carbocycles. The first-order valence-electron chi connectivity index (χ1n) is 4.79. The quantitative estimate of drug-likeness (QED) is 0.598. The van der Waals surface area contributed by atoms with Gasteiger partial charge in [0.15, 0.2) is 0 Å². The lowest BCUT2D eigenvalue weighted by Gasteiger charge is -2.32. The summed E-state index contributed by atoms with van der Waals surface area (Å²) in [5.41, 5.74) is 1.71. The highest BCUT2D eigenvalue weighted by atomic mass is 14.4. The van der Waals surface area contributed by atoms with E-state index in [2.05, 4.69) is 57.8 Å². The minimum Gasteiger partial charge on any atom is -0.0804 e. The Balaban J connectivity index is 2.09. The van der Waals surface area contributed by atoms with E-state index in [4.69, 9.17) is 0 Å². The SMILES string of the molecule is CC(C)([C]1[CH][CH][CH][CH]1)C1=CC=CC1. The molecule has 0 N–H and O–H groups in total. The Kier molecular flexibility index (Phi) is 2.31. The summed E-state index contributed by atoms with van der Waals surface area (Å²) in [5, 5.41) is 0. The molecule has 13 heavy (non-hydrogen) atoms. The van der Waals surface area contributed by atoms with Crippen LogP contribution in [0.1, 0.15) is 20.3 Å². The van der Waals surface area contributed by atoms with Gasteiger partial charge in [0.2, 0.25) is 0 Å². The lowest BCUT2D eigenvalue weighted by atomic mass is 9.72. The van der Waals surface area contributed by atoms with Crippen LogP contribution in [0.3, 0.4) is 0 Å². The highest BCUT2D eigenvalue weighted by Gasteiger charge is 2.35. The second-order valence-electron chi connectivity index (χ2n) is 4.12. The maximum absolute atomic E-state index is 2.29. The van der Waals surface area contributed by atoms with E-state index in [1.54, 1.807) is 0 Å². The third-order valence-corrected chi connectivity index (χ3v) is 2.96. The van der Waals surface area contributed by atoms with Crippen LogP contribution in [0.15, 0.2) is 23.8 Å². The van der Waals surface area contributed by atoms with Crippen molar-refractivity contribution in [2.45, 2.75) is 20.3 Å². The third kappa shape index (κ3) is 1.59. The van der Waals surface area contributed by atoms with Gasteiger partial charge in [0.25, 0.3) is 0 Å². The molecule has 2 aliphatic rings. The second-order valence-corrected chi connectivity index (χ2v) is 4.12. The first-order chi connectivity index (χ1) is 6.21. The number of allylic oxidation sites excluding steroid dienone is 4. The van der Waals surface area contributed by atoms with Crippen LogP contribution >= 0.6 is 0 Å². The molecular weight excluding hydrogens is 156 g/mol. The fraction of sp³-hybridized carbons (Fsp3) is 0.308. The number of rotatable bonds is 2. The first-order valence-corrected chi connectivity index (χ1v) is 4.79. The van der Waals surface area contributed by atoms with Crippen molar-refractivity contribution < 1.29 is 0 Å². The van der Waals surface area contributed by atoms with Gasteiger partial charge in [-0.25, -0.2) is 0 Å². The molecular formula is C13H15. The fourth-order valence-corrected chi connectivity index (χ4v) is 1.89. The Labute approximate surface area is 81.7 Å². The molecule has 0 aromatic heterocycles. The van der Waals surface area contributed by atoms with E-state index in [0.717, 1.165) is 6.42 Å². The first kappa shape index (κ1) is 9.05. The summed E-state index contributed by atoms with van der Waals surface area (Å²) in [7, 11) is 0. The van der Waals surface area contributed by atoms with Gasteiger partial charge in [-0.3, -0.25) is 0 Å². The molecule has 0 atom stereocenters. The predicted molar refractivity (Wildman–Crippen MR) is 56.1 cm³/mol. The summed E-state index contributed by atoms with van der Waals surface area (Å²) in [6.07, 6.45) is 16.4. The molecule has 1 fully saturated rings. The van der Waals surface area contributed by atoms with Gasteiger partial charge < -0.3 is 0 Å². The molecule has 0 heteroatoms. The molecule has 0 amide bonds. The van der Waals surface area contributed by atoms with E-state index >= 15 is 0 Å². The normalized spacial score (nSPS) is 24.0. The van der Waals surface area contributed by atoms with E-state index in [9.17, 15) is 0 Å². The summed E-state index contributed by atoms with van der Waals surface area (Å²) in [6.45, 7) is 4.59. The lowest BCUT2D eigenvalue weighted by Crippen LogP contribution is -2.22. The Morgan fingerprint density at radius 3 is 2.38 bits per heavy atom. The molecule has 67 valence electrons. The molecule has 2 aliphatic carbocycles. The zero-order chi connectivity index (χ0) is 9.31. The molecule has 0 nitrogen and oxygen atoms in total. The van der Waals surface area contributed by atoms with Crippen molar-refractivity contribution in [1.29, 1.82) is 0 Å². The second kappa shape index (κ2) is 3.32. The standard InChI is InChI=1S/C13H15/c1-13(2,11-7-3-4-8-11)12-9-5-6-10-12/h3-9H,10H2,1-2H3. The van der Waals surface area contributed by atoms with Gasteiger partial charge in [0.1, 0.15) is 0 Å². The van der Waals surface area contributed by atoms with E-state index in [1.165, 1.54) is 11.5 Å². The van der Waals surface area contributed by atoms with E-state index in [-0.39, 0.29) is 5.41 Å². The molecule has 0 aromatic rings. The van der Waals surface area contributed by atoms with Crippen LogP contribution in [-0.2, 0) is 0 Å². The van der Waals surface area contributed by atoms with Crippen LogP contribution in [0, 0.1) is 37.0 Å². The highest BCUT2D eigenvalue weighted by Crippen LogP contribution is 2.46. The molecule has 5 radical (unpaired) electrons. The van der Waals surface area contributed by atoms with Crippen LogP contribution in [0.25, 0.3) is 0 Å². The average molecular weight is 171 g/mol. The zero-order valence-corrected chi connectivity index (χ0v) is 8.25. The maximum Gasteiger partial charge on any atom is -0.00703 e. The molecule has 0 spiro atoms. The van der Waals surface area contributed by atoms with Crippen molar-refractivity contribution in [1.82, 2.24) is 0 Å². The molecule has 2 rings (SSSR count). The predicted octanol–water partition coefficient (Wildman–Crippen LogP) is 3.30. The largest absolute Gasteiger partial charge is 0.0804 e. The van der Waals surface area contributed by atoms with E-state index in [0.29, 0.717) is 0 Å². The lowest BCUT2D eigenvalue weighted by molar-refractivity contribution is 0.488. The molecule has 0 unspecified atom stereocenters. The third-order valence-electron chi connectivity index (χ3n) is 2.96. The van der Waals surface area contributed by atoms with Crippen molar-refractivity contribution in [3.63, 3.8) is 0 Å². The van der Waals surface area contributed by atoms with Gasteiger partial charge >= 0.3 is 0 Å². The Morgan fingerprint density at radius 1 is 1.15 bits per heavy atom. The van der Waals surface area contributed by atoms with Gasteiger partial charge in [0.05, 0.1) is 0 Å². The van der Waals surface area contributed by atoms with Crippen LogP contribution in [0.4, 0.5) is 0 Å². The monoisotopic (exact) mass is 171 g/mol. The van der Waals surface area contributed by atoms with E-state index < -0.39 is 0 Å². The van der Waals surface area contributed by atoms with Crippen LogP contribution in [-0.4, -0.2) is 0 Å². The number of hydrogen-bond donors (Lipinski definition) is 0. The van der Waals surface area contributed by atoms with Gasteiger partial charge in [-0.2, -0.15) is 0 Å². The van der Waals surface area contributed by atoms with Crippen molar-refractivity contribution in [3.05, 3.63) is 55.4 Å². The topological polar surface area (TPSA) is 0 Å². The van der Waals surface area contributed by atoms with E-state index in [1.807, 2.05) is 0 Å². The summed E-state index contributed by atoms with van der Waals surface area (Å²) in [5.74, 6) is 1.42. The van der Waals surface area contributed by atoms with Crippen molar-refractivity contribution in [2.75, 3.05) is 0 Å². The minimum atomic E-state index is 0.201. The molecule has 0 aliphatic heterocycles. The minimum absolute atomic E-state index is 0.201. The molecule has 0 saturated heterocycles. The Bertz CT molecular complexity index is 237. The molecule has 0 bridgehead atoms. The Morgan fingerprint density at radius 2 is 1.85 bits per heavy atom. The van der Waals surface area contributed by atoms with Gasteiger partial charge in [-0.05, 0) is 43.4 Å². The van der Waals surface area contributed by atoms with Crippen LogP contribution in [0.5, 0.6) is 0 Å². The average Bonchev–Trinajstić information content (AvgIpc) is 2.78. The molecule has 0 heterocycles. The summed E-state index contributed by atoms with van der Waals surface area (Å²) in [6, 6.07) is 0. The smallest absolute Gasteiger partial charge is 0.00703 e. The van der Waals surface area contributed by atoms with Gasteiger partial charge in [-0.15, -0.1) is 0 Å². The maximum atomic E-state index is 2.29. The van der Waals surface area contributed by atoms with Crippen molar-refractivity contribution in [3.8, 4) is 0 Å². The summed E-state index contributed by atoms with van der Waals surface area (Å²) >= 11 is 0. The summed E-state index contributed by atoms with van der Waals surface area (Å²) in [4.78, 5) is 0. The van der Waals surface area contributed by atoms with Crippen molar-refractivity contribution in [2.24, 2.45) is 5.41 Å². The number of hydrogen-bond acceptors (Lipinski definition) is 0. The fourth-order valence-electron chi connectivity index (χ4n) is 1.89. The van der Waals surface area contributed by atoms with Gasteiger partial charge in [-0.1, -0.05) is 37.6 Å². The summed E-state index contributed by atoms with van der Waals surface area (Å²) < 4.78 is 0. The van der Waals surface area contributed by atoms with Crippen molar-refractivity contribution >= 4 is 0 Å². The zero-order valence-electron chi connectivity index (χ0n) is 8.25. The van der Waals surface area contributed by atoms with Crippen LogP contribution in [0.2, 0.25) is 0 Å². The highest BCUT2D eigenvalue weighted by molar-refractivity contribution is 5.45. The molecule has 0 aromatic carbocycles. The van der Waals surface area contributed by atoms with Gasteiger partial charge in [0, 0.05) is 0 Å².